The highest BCUT2D eigenvalue weighted by Gasteiger charge is 2.20. The number of thiophene rings is 1. The molecule has 0 spiro atoms. The molecule has 1 aromatic heterocycles. The lowest BCUT2D eigenvalue weighted by atomic mass is 10.3. The number of halogens is 2. The predicted molar refractivity (Wildman–Crippen MR) is 81.9 cm³/mol. The number of carbonyl (C=O) groups is 2. The van der Waals surface area contributed by atoms with Gasteiger partial charge < -0.3 is 10.1 Å². The second kappa shape index (κ2) is 6.82. The zero-order valence-corrected chi connectivity index (χ0v) is 13.3. The molecule has 0 fully saturated rings. The third-order valence-corrected chi connectivity index (χ3v) is 3.78. The fourth-order valence-electron chi connectivity index (χ4n) is 1.49. The molecule has 1 aromatic carbocycles. The van der Waals surface area contributed by atoms with Crippen LogP contribution in [0.15, 0.2) is 39.5 Å². The van der Waals surface area contributed by atoms with E-state index in [4.69, 9.17) is 4.74 Å². The van der Waals surface area contributed by atoms with Crippen molar-refractivity contribution in [2.24, 2.45) is 0 Å². The highest BCUT2D eigenvalue weighted by molar-refractivity contribution is 9.10. The second-order valence-corrected chi connectivity index (χ2v) is 5.87. The summed E-state index contributed by atoms with van der Waals surface area (Å²) in [6.45, 7) is 1.43. The van der Waals surface area contributed by atoms with Gasteiger partial charge in [-0.15, -0.1) is 0 Å². The van der Waals surface area contributed by atoms with Crippen LogP contribution in [0, 0.1) is 5.82 Å². The van der Waals surface area contributed by atoms with Crippen molar-refractivity contribution in [3.63, 3.8) is 0 Å². The van der Waals surface area contributed by atoms with E-state index in [1.54, 1.807) is 22.9 Å². The zero-order chi connectivity index (χ0) is 15.4. The molecular weight excluding hydrogens is 361 g/mol. The molecule has 1 atom stereocenters. The standard InChI is InChI=1S/C14H11BrFNO3S/c1-8(20-14(19)9-4-5-21-7-9)13(18)17-12-3-2-10(15)6-11(12)16/h2-8H,1H3,(H,17,18)/t8-/m0/s1. The summed E-state index contributed by atoms with van der Waals surface area (Å²) in [5.74, 6) is -1.76. The molecule has 4 nitrogen and oxygen atoms in total. The van der Waals surface area contributed by atoms with Crippen molar-refractivity contribution in [3.05, 3.63) is 50.9 Å². The Bertz CT molecular complexity index is 660. The van der Waals surface area contributed by atoms with E-state index in [2.05, 4.69) is 21.2 Å². The number of ether oxygens (including phenoxy) is 1. The van der Waals surface area contributed by atoms with E-state index < -0.39 is 23.8 Å². The lowest BCUT2D eigenvalue weighted by molar-refractivity contribution is -0.123. The maximum atomic E-state index is 13.6. The molecule has 0 aliphatic carbocycles. The molecule has 2 rings (SSSR count). The molecule has 0 unspecified atom stereocenters. The Kier molecular flexibility index (Phi) is 5.08. The quantitative estimate of drug-likeness (QED) is 0.830. The number of nitrogens with one attached hydrogen (secondary N) is 1. The zero-order valence-electron chi connectivity index (χ0n) is 10.9. The van der Waals surface area contributed by atoms with E-state index in [1.807, 2.05) is 0 Å². The third-order valence-electron chi connectivity index (χ3n) is 2.60. The second-order valence-electron chi connectivity index (χ2n) is 4.17. The van der Waals surface area contributed by atoms with E-state index >= 15 is 0 Å². The summed E-state index contributed by atoms with van der Waals surface area (Å²) >= 11 is 4.48. The highest BCUT2D eigenvalue weighted by Crippen LogP contribution is 2.19. The summed E-state index contributed by atoms with van der Waals surface area (Å²) in [7, 11) is 0. The number of carbonyl (C=O) groups excluding carboxylic acids is 2. The maximum absolute atomic E-state index is 13.6. The third kappa shape index (κ3) is 4.12. The first kappa shape index (κ1) is 15.7. The molecule has 0 saturated heterocycles. The van der Waals surface area contributed by atoms with E-state index in [9.17, 15) is 14.0 Å². The van der Waals surface area contributed by atoms with Gasteiger partial charge in [-0.2, -0.15) is 11.3 Å². The van der Waals surface area contributed by atoms with Crippen LogP contribution < -0.4 is 5.32 Å². The Hall–Kier alpha value is -1.73. The van der Waals surface area contributed by atoms with Crippen molar-refractivity contribution in [1.29, 1.82) is 0 Å². The summed E-state index contributed by atoms with van der Waals surface area (Å²) < 4.78 is 19.2. The van der Waals surface area contributed by atoms with Crippen molar-refractivity contribution < 1.29 is 18.7 Å². The van der Waals surface area contributed by atoms with Crippen molar-refractivity contribution in [3.8, 4) is 0 Å². The number of anilines is 1. The number of hydrogen-bond donors (Lipinski definition) is 1. The van der Waals surface area contributed by atoms with Crippen LogP contribution in [0.4, 0.5) is 10.1 Å². The van der Waals surface area contributed by atoms with Crippen molar-refractivity contribution in [1.82, 2.24) is 0 Å². The van der Waals surface area contributed by atoms with Crippen LogP contribution in [-0.4, -0.2) is 18.0 Å². The molecule has 0 aliphatic heterocycles. The number of amides is 1. The first-order chi connectivity index (χ1) is 9.97. The Morgan fingerprint density at radius 1 is 1.38 bits per heavy atom. The summed E-state index contributed by atoms with van der Waals surface area (Å²) in [6.07, 6.45) is -1.03. The monoisotopic (exact) mass is 371 g/mol. The number of hydrogen-bond acceptors (Lipinski definition) is 4. The first-order valence-corrected chi connectivity index (χ1v) is 7.70. The molecule has 1 amide bonds. The molecule has 110 valence electrons. The Labute approximate surface area is 133 Å². The average Bonchev–Trinajstić information content (AvgIpc) is 2.95. The Balaban J connectivity index is 1.98. The van der Waals surface area contributed by atoms with Gasteiger partial charge in [-0.3, -0.25) is 4.79 Å². The van der Waals surface area contributed by atoms with Gasteiger partial charge in [0.1, 0.15) is 5.82 Å². The van der Waals surface area contributed by atoms with E-state index in [-0.39, 0.29) is 5.69 Å². The van der Waals surface area contributed by atoms with Gasteiger partial charge in [0.05, 0.1) is 11.3 Å². The van der Waals surface area contributed by atoms with Crippen LogP contribution in [-0.2, 0) is 9.53 Å². The number of rotatable bonds is 4. The average molecular weight is 372 g/mol. The molecule has 0 saturated carbocycles. The normalized spacial score (nSPS) is 11.8. The maximum Gasteiger partial charge on any atom is 0.339 e. The fourth-order valence-corrected chi connectivity index (χ4v) is 2.45. The molecule has 0 aliphatic rings. The molecular formula is C14H11BrFNO3S. The van der Waals surface area contributed by atoms with E-state index in [1.165, 1.54) is 30.4 Å². The van der Waals surface area contributed by atoms with E-state index in [0.29, 0.717) is 10.0 Å². The topological polar surface area (TPSA) is 55.4 Å². The number of benzene rings is 1. The lowest BCUT2D eigenvalue weighted by Gasteiger charge is -2.13. The van der Waals surface area contributed by atoms with Crippen molar-refractivity contribution in [2.75, 3.05) is 5.32 Å². The van der Waals surface area contributed by atoms with Crippen LogP contribution in [0.1, 0.15) is 17.3 Å². The lowest BCUT2D eigenvalue weighted by Crippen LogP contribution is -2.30. The smallest absolute Gasteiger partial charge is 0.339 e. The van der Waals surface area contributed by atoms with Gasteiger partial charge in [0.2, 0.25) is 0 Å². The van der Waals surface area contributed by atoms with Crippen LogP contribution in [0.3, 0.4) is 0 Å². The van der Waals surface area contributed by atoms with Gasteiger partial charge in [0.15, 0.2) is 6.10 Å². The Morgan fingerprint density at radius 3 is 2.76 bits per heavy atom. The van der Waals surface area contributed by atoms with Crippen LogP contribution >= 0.6 is 27.3 Å². The summed E-state index contributed by atoms with van der Waals surface area (Å²) in [5.41, 5.74) is 0.413. The van der Waals surface area contributed by atoms with Crippen molar-refractivity contribution in [2.45, 2.75) is 13.0 Å². The van der Waals surface area contributed by atoms with Crippen LogP contribution in [0.2, 0.25) is 0 Å². The molecule has 7 heteroatoms. The van der Waals surface area contributed by atoms with Gasteiger partial charge in [-0.25, -0.2) is 9.18 Å². The van der Waals surface area contributed by atoms with Crippen LogP contribution in [0.25, 0.3) is 0 Å². The first-order valence-electron chi connectivity index (χ1n) is 5.96. The minimum absolute atomic E-state index is 0.0293. The molecule has 0 bridgehead atoms. The van der Waals surface area contributed by atoms with Gasteiger partial charge in [-0.1, -0.05) is 15.9 Å². The van der Waals surface area contributed by atoms with Crippen molar-refractivity contribution >= 4 is 44.8 Å². The van der Waals surface area contributed by atoms with Crippen LogP contribution in [0.5, 0.6) is 0 Å². The molecule has 21 heavy (non-hydrogen) atoms. The van der Waals surface area contributed by atoms with Gasteiger partial charge in [0, 0.05) is 9.85 Å². The summed E-state index contributed by atoms with van der Waals surface area (Å²) in [5, 5.41) is 5.74. The SMILES string of the molecule is C[C@H](OC(=O)c1ccsc1)C(=O)Nc1ccc(Br)cc1F. The molecule has 1 N–H and O–H groups in total. The van der Waals surface area contributed by atoms with Gasteiger partial charge in [-0.05, 0) is 36.6 Å². The summed E-state index contributed by atoms with van der Waals surface area (Å²) in [6, 6.07) is 5.86. The van der Waals surface area contributed by atoms with Gasteiger partial charge >= 0.3 is 5.97 Å². The molecule has 1 heterocycles. The minimum atomic E-state index is -1.03. The van der Waals surface area contributed by atoms with Gasteiger partial charge in [0.25, 0.3) is 5.91 Å². The Morgan fingerprint density at radius 2 is 2.14 bits per heavy atom. The van der Waals surface area contributed by atoms with E-state index in [0.717, 1.165) is 0 Å². The molecule has 2 aromatic rings. The molecule has 0 radical (unpaired) electrons. The number of esters is 1. The predicted octanol–water partition coefficient (Wildman–Crippen LogP) is 3.83. The largest absolute Gasteiger partial charge is 0.449 e. The summed E-state index contributed by atoms with van der Waals surface area (Å²) in [4.78, 5) is 23.6. The fraction of sp³-hybridized carbons (Fsp3) is 0.143. The minimum Gasteiger partial charge on any atom is -0.449 e. The highest BCUT2D eigenvalue weighted by atomic mass is 79.9.